The second-order valence-electron chi connectivity index (χ2n) is 6.40. The summed E-state index contributed by atoms with van der Waals surface area (Å²) in [5.74, 6) is 0. The van der Waals surface area contributed by atoms with E-state index >= 15 is 0 Å². The molecule has 0 fully saturated rings. The Bertz CT molecular complexity index is 1010. The summed E-state index contributed by atoms with van der Waals surface area (Å²) in [5, 5.41) is 0. The second-order valence-corrected chi connectivity index (χ2v) is 6.40. The van der Waals surface area contributed by atoms with Gasteiger partial charge in [-0.2, -0.15) is 26.3 Å². The van der Waals surface area contributed by atoms with Crippen molar-refractivity contribution in [2.75, 3.05) is 0 Å². The lowest BCUT2D eigenvalue weighted by molar-refractivity contribution is -0.138. The van der Waals surface area contributed by atoms with Gasteiger partial charge in [-0.25, -0.2) is 0 Å². The molecule has 0 saturated heterocycles. The molecule has 3 aromatic rings. The van der Waals surface area contributed by atoms with Gasteiger partial charge < -0.3 is 4.57 Å². The topological polar surface area (TPSA) is 22.0 Å². The van der Waals surface area contributed by atoms with Gasteiger partial charge in [0.1, 0.15) is 0 Å². The average molecular weight is 411 g/mol. The Labute approximate surface area is 162 Å². The predicted octanol–water partition coefficient (Wildman–Crippen LogP) is 6.24. The van der Waals surface area contributed by atoms with Crippen LogP contribution in [0.25, 0.3) is 22.3 Å². The molecule has 29 heavy (non-hydrogen) atoms. The summed E-state index contributed by atoms with van der Waals surface area (Å²) < 4.78 is 79.8. The molecule has 0 bridgehead atoms. The van der Waals surface area contributed by atoms with Gasteiger partial charge in [0.25, 0.3) is 0 Å². The van der Waals surface area contributed by atoms with E-state index in [2.05, 4.69) is 0 Å². The highest BCUT2D eigenvalue weighted by molar-refractivity contribution is 5.72. The first-order chi connectivity index (χ1) is 13.5. The first-order valence-electron chi connectivity index (χ1n) is 8.60. The number of aromatic nitrogens is 1. The van der Waals surface area contributed by atoms with Crippen LogP contribution in [0.5, 0.6) is 0 Å². The zero-order valence-corrected chi connectivity index (χ0v) is 15.1. The Balaban J connectivity index is 2.22. The quantitative estimate of drug-likeness (QED) is 0.468. The fourth-order valence-corrected chi connectivity index (χ4v) is 2.95. The minimum Gasteiger partial charge on any atom is -0.353 e. The minimum atomic E-state index is -4.58. The summed E-state index contributed by atoms with van der Waals surface area (Å²) in [6.45, 7) is 2.12. The number of pyridine rings is 1. The molecule has 152 valence electrons. The highest BCUT2D eigenvalue weighted by Crippen LogP contribution is 2.33. The number of hydrogen-bond acceptors (Lipinski definition) is 1. The van der Waals surface area contributed by atoms with Gasteiger partial charge in [-0.1, -0.05) is 24.3 Å². The highest BCUT2D eigenvalue weighted by Gasteiger charge is 2.31. The molecule has 1 aromatic heterocycles. The molecule has 0 aliphatic carbocycles. The molecule has 3 rings (SSSR count). The Morgan fingerprint density at radius 2 is 1.17 bits per heavy atom. The Morgan fingerprint density at radius 1 is 0.759 bits per heavy atom. The van der Waals surface area contributed by atoms with E-state index in [9.17, 15) is 31.1 Å². The normalized spacial score (nSPS) is 12.2. The number of rotatable bonds is 3. The van der Waals surface area contributed by atoms with E-state index in [-0.39, 0.29) is 22.3 Å². The summed E-state index contributed by atoms with van der Waals surface area (Å²) in [6.07, 6.45) is -6.37. The van der Waals surface area contributed by atoms with E-state index < -0.39 is 28.9 Å². The van der Waals surface area contributed by atoms with Crippen molar-refractivity contribution in [1.29, 1.82) is 0 Å². The van der Waals surface area contributed by atoms with Crippen molar-refractivity contribution in [2.24, 2.45) is 0 Å². The minimum absolute atomic E-state index is 0.0205. The highest BCUT2D eigenvalue weighted by atomic mass is 19.4. The van der Waals surface area contributed by atoms with Crippen molar-refractivity contribution < 1.29 is 26.3 Å². The van der Waals surface area contributed by atoms with Gasteiger partial charge in [0.15, 0.2) is 5.43 Å². The molecule has 0 aliphatic rings. The van der Waals surface area contributed by atoms with E-state index in [4.69, 9.17) is 0 Å². The maximum absolute atomic E-state index is 13.0. The Kier molecular flexibility index (Phi) is 5.30. The molecule has 0 spiro atoms. The van der Waals surface area contributed by atoms with Crippen LogP contribution in [-0.4, -0.2) is 4.57 Å². The number of hydrogen-bond donors (Lipinski definition) is 0. The smallest absolute Gasteiger partial charge is 0.353 e. The van der Waals surface area contributed by atoms with E-state index in [1.165, 1.54) is 36.7 Å². The first-order valence-corrected chi connectivity index (χ1v) is 8.60. The summed E-state index contributed by atoms with van der Waals surface area (Å²) in [6, 6.07) is 8.58. The van der Waals surface area contributed by atoms with Crippen LogP contribution in [0.1, 0.15) is 18.1 Å². The van der Waals surface area contributed by atoms with Crippen molar-refractivity contribution >= 4 is 0 Å². The maximum Gasteiger partial charge on any atom is 0.416 e. The van der Waals surface area contributed by atoms with E-state index in [1.807, 2.05) is 0 Å². The molecular formula is C21H15F6NO. The predicted molar refractivity (Wildman–Crippen MR) is 97.3 cm³/mol. The van der Waals surface area contributed by atoms with Gasteiger partial charge in [-0.15, -0.1) is 0 Å². The summed E-state index contributed by atoms with van der Waals surface area (Å²) in [4.78, 5) is 13.0. The van der Waals surface area contributed by atoms with Crippen LogP contribution in [0.3, 0.4) is 0 Å². The largest absolute Gasteiger partial charge is 0.416 e. The fraction of sp³-hybridized carbons (Fsp3) is 0.190. The van der Waals surface area contributed by atoms with Gasteiger partial charge in [0.2, 0.25) is 0 Å². The van der Waals surface area contributed by atoms with Crippen LogP contribution in [0, 0.1) is 0 Å². The van der Waals surface area contributed by atoms with E-state index in [1.54, 1.807) is 11.5 Å². The molecule has 0 radical (unpaired) electrons. The van der Waals surface area contributed by atoms with Crippen LogP contribution < -0.4 is 5.43 Å². The molecule has 0 aliphatic heterocycles. The van der Waals surface area contributed by atoms with Gasteiger partial charge in [0, 0.05) is 30.1 Å². The van der Waals surface area contributed by atoms with Crippen molar-refractivity contribution in [3.8, 4) is 22.3 Å². The fourth-order valence-electron chi connectivity index (χ4n) is 2.95. The van der Waals surface area contributed by atoms with E-state index in [0.717, 1.165) is 24.3 Å². The molecule has 0 N–H and O–H groups in total. The van der Waals surface area contributed by atoms with Gasteiger partial charge in [0.05, 0.1) is 11.1 Å². The van der Waals surface area contributed by atoms with E-state index in [0.29, 0.717) is 6.54 Å². The molecule has 0 saturated carbocycles. The maximum atomic E-state index is 13.0. The molecule has 0 amide bonds. The number of alkyl halides is 6. The SMILES string of the molecule is CCn1cc(-c2cccc(C(F)(F)F)c2)c(=O)c(-c2cccc(C(F)(F)F)c2)c1. The van der Waals surface area contributed by atoms with Gasteiger partial charge in [-0.3, -0.25) is 4.79 Å². The first kappa shape index (κ1) is 20.7. The molecular weight excluding hydrogens is 396 g/mol. The zero-order chi connectivity index (χ0) is 21.4. The summed E-state index contributed by atoms with van der Waals surface area (Å²) >= 11 is 0. The molecule has 2 nitrogen and oxygen atoms in total. The van der Waals surface area contributed by atoms with Crippen LogP contribution in [-0.2, 0) is 18.9 Å². The molecule has 0 atom stereocenters. The van der Waals surface area contributed by atoms with Gasteiger partial charge >= 0.3 is 12.4 Å². The number of benzene rings is 2. The third-order valence-corrected chi connectivity index (χ3v) is 4.45. The standard InChI is InChI=1S/C21H15F6NO/c1-2-28-11-17(13-5-3-7-15(9-13)20(22,23)24)19(29)18(12-28)14-6-4-8-16(10-14)21(25,26)27/h3-12H,2H2,1H3. The van der Waals surface area contributed by atoms with Crippen LogP contribution >= 0.6 is 0 Å². The second kappa shape index (κ2) is 7.42. The molecule has 2 aromatic carbocycles. The molecule has 0 unspecified atom stereocenters. The lowest BCUT2D eigenvalue weighted by atomic mass is 9.98. The number of aryl methyl sites for hydroxylation is 1. The van der Waals surface area contributed by atoms with Crippen molar-refractivity contribution in [3.05, 3.63) is 82.3 Å². The third-order valence-electron chi connectivity index (χ3n) is 4.45. The van der Waals surface area contributed by atoms with Crippen LogP contribution in [0.15, 0.2) is 65.7 Å². The van der Waals surface area contributed by atoms with Crippen molar-refractivity contribution in [1.82, 2.24) is 4.57 Å². The Morgan fingerprint density at radius 3 is 1.52 bits per heavy atom. The number of halogens is 6. The van der Waals surface area contributed by atoms with Crippen molar-refractivity contribution in [3.63, 3.8) is 0 Å². The molecule has 1 heterocycles. The van der Waals surface area contributed by atoms with Gasteiger partial charge in [-0.05, 0) is 42.3 Å². The molecule has 8 heteroatoms. The zero-order valence-electron chi connectivity index (χ0n) is 15.1. The third kappa shape index (κ3) is 4.36. The van der Waals surface area contributed by atoms with Crippen molar-refractivity contribution in [2.45, 2.75) is 25.8 Å². The monoisotopic (exact) mass is 411 g/mol. The number of nitrogens with zero attached hydrogens (tertiary/aromatic N) is 1. The average Bonchev–Trinajstić information content (AvgIpc) is 2.67. The van der Waals surface area contributed by atoms with Crippen LogP contribution in [0.2, 0.25) is 0 Å². The summed E-state index contributed by atoms with van der Waals surface area (Å²) in [5.41, 5.74) is -2.43. The summed E-state index contributed by atoms with van der Waals surface area (Å²) in [7, 11) is 0. The lowest BCUT2D eigenvalue weighted by Crippen LogP contribution is -2.14. The van der Waals surface area contributed by atoms with Crippen LogP contribution in [0.4, 0.5) is 26.3 Å². The Hall–Kier alpha value is -3.03. The lowest BCUT2D eigenvalue weighted by Gasteiger charge is -2.14.